The fourth-order valence-electron chi connectivity index (χ4n) is 3.24. The summed E-state index contributed by atoms with van der Waals surface area (Å²) >= 11 is 0. The average molecular weight is 359 g/mol. The highest BCUT2D eigenvalue weighted by Crippen LogP contribution is 2.24. The Morgan fingerprint density at radius 2 is 1.85 bits per heavy atom. The number of carbonyl (C=O) groups is 1. The standard InChI is InChI=1S/C20H26FN3O2/c1-15(2)20(25)22-14-18(19-4-3-13-26-19)24-11-9-23(10-12-24)17-7-5-16(21)6-8-17/h3-8,13,15,18H,9-12,14H2,1-2H3,(H,22,25). The third-order valence-corrected chi connectivity index (χ3v) is 4.81. The Labute approximate surface area is 153 Å². The topological polar surface area (TPSA) is 48.7 Å². The molecule has 1 atom stereocenters. The fourth-order valence-corrected chi connectivity index (χ4v) is 3.24. The van der Waals surface area contributed by atoms with Crippen molar-refractivity contribution in [3.63, 3.8) is 0 Å². The summed E-state index contributed by atoms with van der Waals surface area (Å²) in [5.74, 6) is 0.657. The van der Waals surface area contributed by atoms with Gasteiger partial charge in [0.05, 0.1) is 12.3 Å². The lowest BCUT2D eigenvalue weighted by Gasteiger charge is -2.39. The van der Waals surface area contributed by atoms with E-state index in [4.69, 9.17) is 4.42 Å². The SMILES string of the molecule is CC(C)C(=O)NCC(c1ccco1)N1CCN(c2ccc(F)cc2)CC1. The number of furan rings is 1. The van der Waals surface area contributed by atoms with E-state index in [2.05, 4.69) is 15.1 Å². The van der Waals surface area contributed by atoms with Crippen molar-refractivity contribution in [2.45, 2.75) is 19.9 Å². The first-order valence-electron chi connectivity index (χ1n) is 9.10. The van der Waals surface area contributed by atoms with Gasteiger partial charge in [-0.05, 0) is 36.4 Å². The Kier molecular flexibility index (Phi) is 5.93. The maximum absolute atomic E-state index is 13.1. The summed E-state index contributed by atoms with van der Waals surface area (Å²) in [6.07, 6.45) is 1.67. The van der Waals surface area contributed by atoms with Gasteiger partial charge in [-0.1, -0.05) is 13.8 Å². The molecule has 2 aromatic rings. The highest BCUT2D eigenvalue weighted by Gasteiger charge is 2.27. The van der Waals surface area contributed by atoms with Crippen molar-refractivity contribution in [1.82, 2.24) is 10.2 Å². The second-order valence-corrected chi connectivity index (χ2v) is 6.93. The number of benzene rings is 1. The van der Waals surface area contributed by atoms with Crippen LogP contribution >= 0.6 is 0 Å². The number of rotatable bonds is 6. The normalized spacial score (nSPS) is 16.7. The molecule has 3 rings (SSSR count). The monoisotopic (exact) mass is 359 g/mol. The van der Waals surface area contributed by atoms with Crippen molar-refractivity contribution in [2.75, 3.05) is 37.6 Å². The van der Waals surface area contributed by atoms with Crippen LogP contribution in [0.2, 0.25) is 0 Å². The van der Waals surface area contributed by atoms with E-state index in [9.17, 15) is 9.18 Å². The van der Waals surface area contributed by atoms with Gasteiger partial charge < -0.3 is 14.6 Å². The highest BCUT2D eigenvalue weighted by atomic mass is 19.1. The molecule has 1 saturated heterocycles. The first-order chi connectivity index (χ1) is 12.5. The second kappa shape index (κ2) is 8.36. The van der Waals surface area contributed by atoms with E-state index < -0.39 is 0 Å². The predicted octanol–water partition coefficient (Wildman–Crippen LogP) is 3.05. The summed E-state index contributed by atoms with van der Waals surface area (Å²) < 4.78 is 18.7. The Hall–Kier alpha value is -2.34. The van der Waals surface area contributed by atoms with Crippen molar-refractivity contribution < 1.29 is 13.6 Å². The predicted molar refractivity (Wildman–Crippen MR) is 99.5 cm³/mol. The molecular weight excluding hydrogens is 333 g/mol. The van der Waals surface area contributed by atoms with Gasteiger partial charge in [0.25, 0.3) is 0 Å². The molecule has 1 amide bonds. The van der Waals surface area contributed by atoms with Crippen LogP contribution in [0.5, 0.6) is 0 Å². The van der Waals surface area contributed by atoms with Crippen molar-refractivity contribution in [1.29, 1.82) is 0 Å². The number of hydrogen-bond acceptors (Lipinski definition) is 4. The molecule has 140 valence electrons. The molecule has 1 unspecified atom stereocenters. The average Bonchev–Trinajstić information content (AvgIpc) is 3.17. The number of nitrogens with zero attached hydrogens (tertiary/aromatic N) is 2. The number of nitrogens with one attached hydrogen (secondary N) is 1. The van der Waals surface area contributed by atoms with Crippen LogP contribution in [0.15, 0.2) is 47.1 Å². The summed E-state index contributed by atoms with van der Waals surface area (Å²) in [4.78, 5) is 16.5. The van der Waals surface area contributed by atoms with Gasteiger partial charge in [-0.2, -0.15) is 0 Å². The number of halogens is 1. The van der Waals surface area contributed by atoms with Gasteiger partial charge in [0, 0.05) is 44.3 Å². The van der Waals surface area contributed by atoms with E-state index >= 15 is 0 Å². The zero-order valence-electron chi connectivity index (χ0n) is 15.3. The second-order valence-electron chi connectivity index (χ2n) is 6.93. The summed E-state index contributed by atoms with van der Waals surface area (Å²) in [6, 6.07) is 10.5. The lowest BCUT2D eigenvalue weighted by Crippen LogP contribution is -2.50. The number of piperazine rings is 1. The van der Waals surface area contributed by atoms with E-state index in [0.717, 1.165) is 37.6 Å². The van der Waals surface area contributed by atoms with E-state index in [1.807, 2.05) is 38.1 Å². The Morgan fingerprint density at radius 3 is 2.42 bits per heavy atom. The van der Waals surface area contributed by atoms with E-state index in [0.29, 0.717) is 6.54 Å². The zero-order valence-corrected chi connectivity index (χ0v) is 15.3. The molecule has 2 heterocycles. The van der Waals surface area contributed by atoms with Crippen LogP contribution in [0.4, 0.5) is 10.1 Å². The van der Waals surface area contributed by atoms with Gasteiger partial charge in [0.2, 0.25) is 5.91 Å². The summed E-state index contributed by atoms with van der Waals surface area (Å²) in [7, 11) is 0. The van der Waals surface area contributed by atoms with Crippen LogP contribution in [0.3, 0.4) is 0 Å². The van der Waals surface area contributed by atoms with Gasteiger partial charge >= 0.3 is 0 Å². The number of carbonyl (C=O) groups excluding carboxylic acids is 1. The van der Waals surface area contributed by atoms with Crippen LogP contribution < -0.4 is 10.2 Å². The van der Waals surface area contributed by atoms with E-state index in [1.165, 1.54) is 12.1 Å². The molecule has 0 saturated carbocycles. The van der Waals surface area contributed by atoms with E-state index in [1.54, 1.807) is 6.26 Å². The molecule has 0 spiro atoms. The summed E-state index contributed by atoms with van der Waals surface area (Å²) in [6.45, 7) is 7.70. The van der Waals surface area contributed by atoms with Gasteiger partial charge in [-0.15, -0.1) is 0 Å². The van der Waals surface area contributed by atoms with Gasteiger partial charge in [-0.3, -0.25) is 9.69 Å². The number of anilines is 1. The molecule has 1 fully saturated rings. The Bertz CT molecular complexity index is 692. The molecule has 6 heteroatoms. The first kappa shape index (κ1) is 18.5. The van der Waals surface area contributed by atoms with E-state index in [-0.39, 0.29) is 23.7 Å². The lowest BCUT2D eigenvalue weighted by molar-refractivity contribution is -0.124. The minimum atomic E-state index is -0.217. The maximum Gasteiger partial charge on any atom is 0.222 e. The quantitative estimate of drug-likeness (QED) is 0.861. The fraction of sp³-hybridized carbons (Fsp3) is 0.450. The lowest BCUT2D eigenvalue weighted by atomic mass is 10.1. The molecule has 1 aliphatic rings. The molecule has 0 aliphatic carbocycles. The summed E-state index contributed by atoms with van der Waals surface area (Å²) in [5, 5.41) is 3.02. The molecule has 1 aliphatic heterocycles. The minimum Gasteiger partial charge on any atom is -0.468 e. The molecule has 5 nitrogen and oxygen atoms in total. The van der Waals surface area contributed by atoms with Crippen LogP contribution in [-0.2, 0) is 4.79 Å². The molecule has 0 bridgehead atoms. The Morgan fingerprint density at radius 1 is 1.15 bits per heavy atom. The molecule has 0 radical (unpaired) electrons. The smallest absolute Gasteiger partial charge is 0.222 e. The van der Waals surface area contributed by atoms with Crippen molar-refractivity contribution in [3.8, 4) is 0 Å². The van der Waals surface area contributed by atoms with Crippen LogP contribution in [-0.4, -0.2) is 43.5 Å². The van der Waals surface area contributed by atoms with Crippen LogP contribution in [0.25, 0.3) is 0 Å². The number of hydrogen-bond donors (Lipinski definition) is 1. The summed E-state index contributed by atoms with van der Waals surface area (Å²) in [5.41, 5.74) is 1.04. The highest BCUT2D eigenvalue weighted by molar-refractivity contribution is 5.77. The first-order valence-corrected chi connectivity index (χ1v) is 9.10. The molecule has 1 N–H and O–H groups in total. The molecule has 1 aromatic heterocycles. The maximum atomic E-state index is 13.1. The Balaban J connectivity index is 1.63. The van der Waals surface area contributed by atoms with Crippen molar-refractivity contribution in [3.05, 3.63) is 54.2 Å². The van der Waals surface area contributed by atoms with Gasteiger partial charge in [0.15, 0.2) is 0 Å². The zero-order chi connectivity index (χ0) is 18.5. The van der Waals surface area contributed by atoms with Crippen LogP contribution in [0, 0.1) is 11.7 Å². The van der Waals surface area contributed by atoms with Gasteiger partial charge in [-0.25, -0.2) is 4.39 Å². The van der Waals surface area contributed by atoms with Crippen molar-refractivity contribution in [2.24, 2.45) is 5.92 Å². The third kappa shape index (κ3) is 4.43. The molecule has 26 heavy (non-hydrogen) atoms. The molecule has 1 aromatic carbocycles. The number of amides is 1. The minimum absolute atomic E-state index is 0.0167. The van der Waals surface area contributed by atoms with Gasteiger partial charge in [0.1, 0.15) is 11.6 Å². The van der Waals surface area contributed by atoms with Crippen LogP contribution in [0.1, 0.15) is 25.6 Å². The largest absolute Gasteiger partial charge is 0.468 e. The van der Waals surface area contributed by atoms with Crippen molar-refractivity contribution >= 4 is 11.6 Å². The third-order valence-electron chi connectivity index (χ3n) is 4.81. The molecular formula is C20H26FN3O2.